The van der Waals surface area contributed by atoms with Gasteiger partial charge in [-0.3, -0.25) is 23.7 Å². The van der Waals surface area contributed by atoms with E-state index in [1.165, 1.54) is 23.6 Å². The lowest BCUT2D eigenvalue weighted by molar-refractivity contribution is -0.117. The van der Waals surface area contributed by atoms with Gasteiger partial charge in [0, 0.05) is 37.1 Å². The van der Waals surface area contributed by atoms with E-state index in [0.717, 1.165) is 4.68 Å². The minimum absolute atomic E-state index is 0.202. The van der Waals surface area contributed by atoms with Crippen molar-refractivity contribution >= 4 is 34.8 Å². The molecule has 0 aliphatic carbocycles. The van der Waals surface area contributed by atoms with Crippen molar-refractivity contribution in [1.82, 2.24) is 14.3 Å². The first-order valence-electron chi connectivity index (χ1n) is 9.74. The fourth-order valence-electron chi connectivity index (χ4n) is 3.37. The van der Waals surface area contributed by atoms with E-state index in [9.17, 15) is 23.6 Å². The van der Waals surface area contributed by atoms with Crippen molar-refractivity contribution < 1.29 is 14.0 Å². The third kappa shape index (κ3) is 4.26. The molecule has 2 aromatic carbocycles. The number of carbonyl (C=O) groups excluding carboxylic acids is 2. The topological polar surface area (TPSA) is 118 Å². The normalized spacial score (nSPS) is 12.4. The minimum Gasteiger partial charge on any atom is -0.326 e. The van der Waals surface area contributed by atoms with Gasteiger partial charge in [0.15, 0.2) is 0 Å². The lowest BCUT2D eigenvalue weighted by Gasteiger charge is -2.17. The average Bonchev–Trinajstić information content (AvgIpc) is 3.17. The zero-order valence-electron chi connectivity index (χ0n) is 17.0. The number of carbonyl (C=O) groups is 2. The summed E-state index contributed by atoms with van der Waals surface area (Å²) in [6, 6.07) is 12.1. The van der Waals surface area contributed by atoms with Gasteiger partial charge in [-0.2, -0.15) is 0 Å². The van der Waals surface area contributed by atoms with Gasteiger partial charge in [0.2, 0.25) is 17.8 Å². The number of hydrogen-bond acceptors (Lipinski definition) is 6. The molecule has 2 amide bonds. The van der Waals surface area contributed by atoms with E-state index in [4.69, 9.17) is 0 Å². The molecule has 32 heavy (non-hydrogen) atoms. The Morgan fingerprint density at radius 3 is 2.19 bits per heavy atom. The highest BCUT2D eigenvalue weighted by Gasteiger charge is 2.26. The van der Waals surface area contributed by atoms with Crippen molar-refractivity contribution in [3.8, 4) is 0 Å². The Morgan fingerprint density at radius 2 is 1.56 bits per heavy atom. The number of amides is 2. The number of benzene rings is 2. The van der Waals surface area contributed by atoms with Crippen molar-refractivity contribution in [2.75, 3.05) is 22.1 Å². The van der Waals surface area contributed by atoms with Crippen LogP contribution in [0.15, 0.2) is 58.1 Å². The third-order valence-electron chi connectivity index (χ3n) is 4.82. The molecule has 0 fully saturated rings. The number of fused-ring (bicyclic) bond motifs is 1. The molecule has 164 valence electrons. The largest absolute Gasteiger partial charge is 0.333 e. The predicted octanol–water partition coefficient (Wildman–Crippen LogP) is 1.29. The Kier molecular flexibility index (Phi) is 5.54. The Balaban J connectivity index is 1.55. The molecule has 1 aliphatic rings. The molecule has 0 atom stereocenters. The first-order valence-corrected chi connectivity index (χ1v) is 9.74. The second kappa shape index (κ2) is 8.46. The van der Waals surface area contributed by atoms with Gasteiger partial charge in [-0.1, -0.05) is 0 Å². The van der Waals surface area contributed by atoms with Gasteiger partial charge in [0.25, 0.3) is 0 Å². The summed E-state index contributed by atoms with van der Waals surface area (Å²) in [6.45, 7) is 1.55. The molecule has 0 unspecified atom stereocenters. The Morgan fingerprint density at radius 1 is 0.938 bits per heavy atom. The van der Waals surface area contributed by atoms with Crippen LogP contribution in [0.3, 0.4) is 0 Å². The molecule has 2 N–H and O–H groups in total. The highest BCUT2D eigenvalue weighted by molar-refractivity contribution is 5.92. The summed E-state index contributed by atoms with van der Waals surface area (Å²) in [7, 11) is 0. The van der Waals surface area contributed by atoms with Crippen LogP contribution in [0.4, 0.5) is 27.4 Å². The first kappa shape index (κ1) is 21.0. The molecule has 0 radical (unpaired) electrons. The number of nitrogens with one attached hydrogen (secondary N) is 2. The van der Waals surface area contributed by atoms with E-state index in [2.05, 4.69) is 15.7 Å². The van der Waals surface area contributed by atoms with Crippen molar-refractivity contribution in [2.45, 2.75) is 20.0 Å². The van der Waals surface area contributed by atoms with Crippen LogP contribution in [0, 0.1) is 5.82 Å². The highest BCUT2D eigenvalue weighted by Crippen LogP contribution is 2.26. The van der Waals surface area contributed by atoms with Crippen LogP contribution in [0.5, 0.6) is 0 Å². The van der Waals surface area contributed by atoms with Crippen LogP contribution >= 0.6 is 0 Å². The molecule has 0 spiro atoms. The molecule has 4 rings (SSSR count). The van der Waals surface area contributed by atoms with E-state index in [-0.39, 0.29) is 18.4 Å². The van der Waals surface area contributed by atoms with E-state index in [1.807, 2.05) is 0 Å². The summed E-state index contributed by atoms with van der Waals surface area (Å²) >= 11 is 0. The van der Waals surface area contributed by atoms with Crippen LogP contribution in [-0.4, -0.2) is 32.7 Å². The number of rotatable bonds is 5. The molecule has 1 aliphatic heterocycles. The van der Waals surface area contributed by atoms with E-state index in [0.29, 0.717) is 23.6 Å². The molecule has 2 heterocycles. The maximum absolute atomic E-state index is 13.3. The number of nitrogens with zero attached hydrogens (tertiary/aromatic N) is 4. The molecular formula is C21H19FN6O4. The number of anilines is 4. The molecular weight excluding hydrogens is 419 g/mol. The van der Waals surface area contributed by atoms with Crippen molar-refractivity contribution in [3.63, 3.8) is 0 Å². The van der Waals surface area contributed by atoms with Gasteiger partial charge in [0.1, 0.15) is 12.4 Å². The van der Waals surface area contributed by atoms with Crippen LogP contribution < -0.4 is 26.7 Å². The molecule has 0 saturated carbocycles. The van der Waals surface area contributed by atoms with Crippen LogP contribution in [0.25, 0.3) is 0 Å². The minimum atomic E-state index is -0.911. The Hall–Kier alpha value is -4.28. The summed E-state index contributed by atoms with van der Waals surface area (Å²) in [5.41, 5.74) is -0.0692. The van der Waals surface area contributed by atoms with Gasteiger partial charge >= 0.3 is 11.1 Å². The maximum Gasteiger partial charge on any atom is 0.333 e. The molecule has 0 bridgehead atoms. The van der Waals surface area contributed by atoms with Gasteiger partial charge in [-0.25, -0.2) is 9.07 Å². The lowest BCUT2D eigenvalue weighted by Crippen LogP contribution is -2.44. The van der Waals surface area contributed by atoms with Gasteiger partial charge in [-0.05, 0) is 48.5 Å². The van der Waals surface area contributed by atoms with Crippen molar-refractivity contribution in [3.05, 3.63) is 75.1 Å². The Bertz CT molecular complexity index is 1300. The number of hydrogen-bond donors (Lipinski definition) is 2. The maximum atomic E-state index is 13.3. The van der Waals surface area contributed by atoms with Crippen molar-refractivity contribution in [2.24, 2.45) is 0 Å². The predicted molar refractivity (Wildman–Crippen MR) is 116 cm³/mol. The summed E-state index contributed by atoms with van der Waals surface area (Å²) in [5.74, 6) is -0.967. The molecule has 11 heteroatoms. The van der Waals surface area contributed by atoms with Gasteiger partial charge < -0.3 is 15.5 Å². The van der Waals surface area contributed by atoms with E-state index >= 15 is 0 Å². The van der Waals surface area contributed by atoms with E-state index in [1.54, 1.807) is 41.3 Å². The highest BCUT2D eigenvalue weighted by atomic mass is 19.1. The summed E-state index contributed by atoms with van der Waals surface area (Å²) in [4.78, 5) is 50.2. The third-order valence-corrected chi connectivity index (χ3v) is 4.82. The quantitative estimate of drug-likeness (QED) is 0.580. The zero-order chi connectivity index (χ0) is 22.8. The van der Waals surface area contributed by atoms with Crippen LogP contribution in [0.1, 0.15) is 6.92 Å². The lowest BCUT2D eigenvalue weighted by atomic mass is 10.2. The summed E-state index contributed by atoms with van der Waals surface area (Å²) in [6.07, 6.45) is 0. The monoisotopic (exact) mass is 438 g/mol. The first-order chi connectivity index (χ1) is 15.3. The molecule has 1 aromatic heterocycles. The van der Waals surface area contributed by atoms with E-state index < -0.39 is 29.4 Å². The SMILES string of the molecule is CC(=O)Nc1ccc(NC(=O)Cn2nc3n(c(=O)c2=O)CCN3c2ccc(F)cc2)cc1. The fraction of sp³-hybridized carbons (Fsp3) is 0.190. The average molecular weight is 438 g/mol. The van der Waals surface area contributed by atoms with Crippen molar-refractivity contribution in [1.29, 1.82) is 0 Å². The van der Waals surface area contributed by atoms with Gasteiger partial charge in [0.05, 0.1) is 0 Å². The standard InChI is InChI=1S/C21H19FN6O4/c1-13(29)23-15-4-6-16(7-5-15)24-18(30)12-28-20(32)19(31)27-11-10-26(21(27)25-28)17-8-2-14(22)3-9-17/h2-9H,10-12H2,1H3,(H,23,29)(H,24,30). The molecule has 10 nitrogen and oxygen atoms in total. The van der Waals surface area contributed by atoms with Gasteiger partial charge in [-0.15, -0.1) is 5.10 Å². The zero-order valence-corrected chi connectivity index (χ0v) is 17.0. The number of halogens is 1. The number of aromatic nitrogens is 3. The second-order valence-electron chi connectivity index (χ2n) is 7.15. The second-order valence-corrected chi connectivity index (χ2v) is 7.15. The summed E-state index contributed by atoms with van der Waals surface area (Å²) < 4.78 is 15.3. The molecule has 3 aromatic rings. The fourth-order valence-corrected chi connectivity index (χ4v) is 3.37. The molecule has 0 saturated heterocycles. The smallest absolute Gasteiger partial charge is 0.326 e. The summed E-state index contributed by atoms with van der Waals surface area (Å²) in [5, 5.41) is 9.45. The van der Waals surface area contributed by atoms with Crippen LogP contribution in [-0.2, 0) is 22.7 Å². The Labute approximate surface area is 180 Å². The van der Waals surface area contributed by atoms with Crippen LogP contribution in [0.2, 0.25) is 0 Å².